The van der Waals surface area contributed by atoms with E-state index in [1.165, 1.54) is 0 Å². The third-order valence-electron chi connectivity index (χ3n) is 1.09. The van der Waals surface area contributed by atoms with Crippen molar-refractivity contribution in [3.63, 3.8) is 0 Å². The van der Waals surface area contributed by atoms with Gasteiger partial charge in [-0.3, -0.25) is 0 Å². The maximum absolute atomic E-state index is 9.75. The number of methoxy groups -OCH3 is 1. The van der Waals surface area contributed by atoms with Crippen molar-refractivity contribution in [2.75, 3.05) is 7.11 Å². The number of halogens is 4. The third-order valence-corrected chi connectivity index (χ3v) is 1.09. The van der Waals surface area contributed by atoms with Gasteiger partial charge in [-0.15, -0.1) is 0 Å². The van der Waals surface area contributed by atoms with E-state index in [0.29, 0.717) is 0 Å². The van der Waals surface area contributed by atoms with Crippen LogP contribution in [0.15, 0.2) is 24.0 Å². The molecule has 0 aliphatic heterocycles. The van der Waals surface area contributed by atoms with Crippen LogP contribution in [0, 0.1) is 26.4 Å². The minimum Gasteiger partial charge on any atom is 0 e. The van der Waals surface area contributed by atoms with Crippen LogP contribution in [0.2, 0.25) is 0 Å². The molecular weight excluding hydrogens is 327 g/mol. The molecular formula is C10H9BF4FeO4-. The first-order valence-corrected chi connectivity index (χ1v) is 4.16. The Morgan fingerprint density at radius 3 is 1.55 bits per heavy atom. The molecule has 0 amide bonds. The normalized spacial score (nSPS) is 10.4. The smallest absolute Gasteiger partial charge is 0 e. The number of hydrogen-bond donors (Lipinski definition) is 0. The zero-order chi connectivity index (χ0) is 16.3. The molecule has 0 fully saturated rings. The summed E-state index contributed by atoms with van der Waals surface area (Å²) in [5.74, 6) is 0.965. The van der Waals surface area contributed by atoms with Crippen LogP contribution in [-0.2, 0) is 35.8 Å². The van der Waals surface area contributed by atoms with Crippen molar-refractivity contribution in [1.29, 1.82) is 0 Å². The molecule has 1 radical (unpaired) electrons. The Labute approximate surface area is 125 Å². The van der Waals surface area contributed by atoms with E-state index in [4.69, 9.17) is 18.7 Å². The molecule has 1 rings (SSSR count). The Balaban J connectivity index is -0.0000000550. The minimum absolute atomic E-state index is 0. The van der Waals surface area contributed by atoms with Crippen molar-refractivity contribution in [3.8, 4) is 0 Å². The Hall–Kier alpha value is -1.20. The molecule has 0 spiro atoms. The van der Waals surface area contributed by atoms with Crippen LogP contribution in [0.1, 0.15) is 6.42 Å². The fourth-order valence-electron chi connectivity index (χ4n) is 0.645. The SMILES string of the molecule is COC1=CC[CH]C=C1.F[B-](F)(F)F.[C-]#[O+].[C-]#[O+].[C-]#[O+].[Fe]. The number of hydrogen-bond acceptors (Lipinski definition) is 1. The quantitative estimate of drug-likeness (QED) is 0.314. The number of allylic oxidation sites excluding steroid dienone is 3. The first kappa shape index (κ1) is 31.3. The number of ether oxygens (including phenoxy) is 1. The molecule has 0 aromatic rings. The summed E-state index contributed by atoms with van der Waals surface area (Å²) in [6.07, 6.45) is 9.07. The van der Waals surface area contributed by atoms with Gasteiger partial charge in [-0.05, 0) is 25.0 Å². The average Bonchev–Trinajstić information content (AvgIpc) is 2.44. The summed E-state index contributed by atoms with van der Waals surface area (Å²) in [6, 6.07) is 0. The van der Waals surface area contributed by atoms with Gasteiger partial charge in [-0.1, -0.05) is 6.08 Å². The molecule has 0 aromatic heterocycles. The molecule has 0 heterocycles. The van der Waals surface area contributed by atoms with E-state index in [9.17, 15) is 17.3 Å². The molecule has 1 aliphatic carbocycles. The zero-order valence-electron chi connectivity index (χ0n) is 10.1. The maximum Gasteiger partial charge on any atom is 0 e. The standard InChI is InChI=1S/C7H9O.3CO.BF4.Fe/c1-8-7-5-3-2-4-6-7;3*1-2;2-1(3,4)5;/h2-3,5-6H,4H2,1H3;;;;;/q;;;;-1;. The molecule has 0 saturated carbocycles. The van der Waals surface area contributed by atoms with E-state index in [2.05, 4.69) is 26.4 Å². The summed E-state index contributed by atoms with van der Waals surface area (Å²) in [5, 5.41) is 0. The van der Waals surface area contributed by atoms with Crippen LogP contribution < -0.4 is 0 Å². The predicted molar refractivity (Wildman–Crippen MR) is 55.1 cm³/mol. The van der Waals surface area contributed by atoms with Crippen molar-refractivity contribution in [3.05, 3.63) is 50.4 Å². The van der Waals surface area contributed by atoms with Gasteiger partial charge in [0.1, 0.15) is 5.76 Å². The van der Waals surface area contributed by atoms with Crippen LogP contribution in [0.4, 0.5) is 17.3 Å². The Kier molecular flexibility index (Phi) is 41.3. The molecule has 0 saturated heterocycles. The second-order valence-corrected chi connectivity index (χ2v) is 2.14. The first-order chi connectivity index (χ1) is 8.93. The molecule has 0 atom stereocenters. The van der Waals surface area contributed by atoms with E-state index in [1.54, 1.807) is 7.11 Å². The van der Waals surface area contributed by atoms with Crippen molar-refractivity contribution < 1.29 is 53.0 Å². The van der Waals surface area contributed by atoms with Gasteiger partial charge in [0.25, 0.3) is 0 Å². The summed E-state index contributed by atoms with van der Waals surface area (Å²) in [5.41, 5.74) is 0. The van der Waals surface area contributed by atoms with Crippen molar-refractivity contribution in [2.45, 2.75) is 6.42 Å². The maximum atomic E-state index is 9.75. The number of rotatable bonds is 1. The van der Waals surface area contributed by atoms with Crippen molar-refractivity contribution in [1.82, 2.24) is 0 Å². The Bertz CT molecular complexity index is 290. The summed E-state index contributed by atoms with van der Waals surface area (Å²) in [4.78, 5) is 0. The van der Waals surface area contributed by atoms with Gasteiger partial charge in [0, 0.05) is 17.1 Å². The predicted octanol–water partition coefficient (Wildman–Crippen LogP) is 2.87. The monoisotopic (exact) mass is 336 g/mol. The third kappa shape index (κ3) is 54.1. The van der Waals surface area contributed by atoms with E-state index in [-0.39, 0.29) is 17.1 Å². The molecule has 0 aromatic carbocycles. The molecule has 0 bridgehead atoms. The fourth-order valence-corrected chi connectivity index (χ4v) is 0.645. The fraction of sp³-hybridized carbons (Fsp3) is 0.200. The van der Waals surface area contributed by atoms with Crippen molar-refractivity contribution >= 4 is 7.25 Å². The zero-order valence-corrected chi connectivity index (χ0v) is 11.2. The minimum atomic E-state index is -6.00. The Morgan fingerprint density at radius 2 is 1.40 bits per heavy atom. The van der Waals surface area contributed by atoms with Gasteiger partial charge in [0.2, 0.25) is 0 Å². The summed E-state index contributed by atoms with van der Waals surface area (Å²) >= 11 is 0. The van der Waals surface area contributed by atoms with Crippen LogP contribution in [0.3, 0.4) is 0 Å². The van der Waals surface area contributed by atoms with Gasteiger partial charge in [0.05, 0.1) is 7.11 Å². The van der Waals surface area contributed by atoms with Gasteiger partial charge in [-0.2, -0.15) is 0 Å². The van der Waals surface area contributed by atoms with Gasteiger partial charge >= 0.3 is 41.2 Å². The van der Waals surface area contributed by atoms with Gasteiger partial charge in [-0.25, -0.2) is 0 Å². The molecule has 10 heteroatoms. The molecule has 113 valence electrons. The van der Waals surface area contributed by atoms with Crippen LogP contribution >= 0.6 is 0 Å². The summed E-state index contributed by atoms with van der Waals surface area (Å²) in [7, 11) is -4.32. The van der Waals surface area contributed by atoms with Gasteiger partial charge in [0.15, 0.2) is 0 Å². The van der Waals surface area contributed by atoms with Crippen LogP contribution in [0.5, 0.6) is 0 Å². The molecule has 0 N–H and O–H groups in total. The molecule has 4 nitrogen and oxygen atoms in total. The second kappa shape index (κ2) is 26.4. The summed E-state index contributed by atoms with van der Waals surface area (Å²) in [6.45, 7) is 13.5. The first-order valence-electron chi connectivity index (χ1n) is 4.16. The van der Waals surface area contributed by atoms with E-state index < -0.39 is 7.25 Å². The average molecular weight is 336 g/mol. The summed E-state index contributed by atoms with van der Waals surface area (Å²) < 4.78 is 66.4. The van der Waals surface area contributed by atoms with Gasteiger partial charge < -0.3 is 22.0 Å². The van der Waals surface area contributed by atoms with E-state index in [0.717, 1.165) is 12.2 Å². The van der Waals surface area contributed by atoms with Crippen molar-refractivity contribution in [2.24, 2.45) is 0 Å². The topological polar surface area (TPSA) is 68.9 Å². The largest absolute Gasteiger partial charge is 0 e. The molecule has 1 aliphatic rings. The molecule has 0 unspecified atom stereocenters. The van der Waals surface area contributed by atoms with E-state index in [1.807, 2.05) is 18.2 Å². The second-order valence-electron chi connectivity index (χ2n) is 2.14. The Morgan fingerprint density at radius 1 is 1.05 bits per heavy atom. The van der Waals surface area contributed by atoms with Crippen LogP contribution in [0.25, 0.3) is 0 Å². The molecule has 20 heavy (non-hydrogen) atoms. The van der Waals surface area contributed by atoms with Crippen LogP contribution in [-0.4, -0.2) is 14.4 Å². The van der Waals surface area contributed by atoms with E-state index >= 15 is 0 Å².